The van der Waals surface area contributed by atoms with Gasteiger partial charge in [0.05, 0.1) is 5.52 Å². The minimum Gasteiger partial charge on any atom is -0.346 e. The molecule has 4 aromatic rings. The van der Waals surface area contributed by atoms with Gasteiger partial charge in [-0.2, -0.15) is 0 Å². The molecule has 0 amide bonds. The molecule has 0 aliphatic carbocycles. The first-order valence-corrected chi connectivity index (χ1v) is 6.80. The Bertz CT molecular complexity index is 966. The van der Waals surface area contributed by atoms with Gasteiger partial charge in [-0.1, -0.05) is 30.9 Å². The molecule has 3 nitrogen and oxygen atoms in total. The van der Waals surface area contributed by atoms with Crippen LogP contribution in [0, 0.1) is 0 Å². The van der Waals surface area contributed by atoms with Crippen molar-refractivity contribution in [3.63, 3.8) is 0 Å². The number of rotatable bonds is 2. The summed E-state index contributed by atoms with van der Waals surface area (Å²) < 4.78 is 0. The Morgan fingerprint density at radius 2 is 2.00 bits per heavy atom. The molecule has 3 heteroatoms. The van der Waals surface area contributed by atoms with Gasteiger partial charge < -0.3 is 4.98 Å². The zero-order valence-electron chi connectivity index (χ0n) is 11.4. The van der Waals surface area contributed by atoms with Crippen molar-refractivity contribution < 1.29 is 0 Å². The summed E-state index contributed by atoms with van der Waals surface area (Å²) >= 11 is 0. The topological polar surface area (TPSA) is 41.6 Å². The van der Waals surface area contributed by atoms with E-state index in [1.54, 1.807) is 0 Å². The normalized spacial score (nSPS) is 11.0. The van der Waals surface area contributed by atoms with Crippen LogP contribution in [0.4, 0.5) is 0 Å². The molecule has 3 heterocycles. The van der Waals surface area contributed by atoms with Crippen LogP contribution >= 0.6 is 0 Å². The van der Waals surface area contributed by atoms with E-state index in [9.17, 15) is 0 Å². The van der Waals surface area contributed by atoms with Gasteiger partial charge in [0.25, 0.3) is 0 Å². The van der Waals surface area contributed by atoms with Gasteiger partial charge in [0.2, 0.25) is 0 Å². The SMILES string of the molecule is C=Cc1c[nH]c2nccc(-c3cnc4ccccc4c3)c12. The standard InChI is InChI=1S/C18H13N3/c1-2-12-10-21-18-17(12)15(7-8-19-18)14-9-13-5-3-4-6-16(13)20-11-14/h2-11H,1H2,(H,19,21). The molecule has 21 heavy (non-hydrogen) atoms. The number of nitrogens with zero attached hydrogens (tertiary/aromatic N) is 2. The second-order valence-electron chi connectivity index (χ2n) is 4.95. The molecule has 0 saturated carbocycles. The maximum atomic E-state index is 4.55. The van der Waals surface area contributed by atoms with Crippen LogP contribution < -0.4 is 0 Å². The first-order valence-electron chi connectivity index (χ1n) is 6.80. The highest BCUT2D eigenvalue weighted by molar-refractivity contribution is 6.00. The summed E-state index contributed by atoms with van der Waals surface area (Å²) in [6.07, 6.45) is 7.51. The Balaban J connectivity index is 2.03. The zero-order valence-corrected chi connectivity index (χ0v) is 11.4. The maximum absolute atomic E-state index is 4.55. The average Bonchev–Trinajstić information content (AvgIpc) is 2.97. The quantitative estimate of drug-likeness (QED) is 0.586. The fourth-order valence-electron chi connectivity index (χ4n) is 2.70. The largest absolute Gasteiger partial charge is 0.346 e. The van der Waals surface area contributed by atoms with Crippen molar-refractivity contribution >= 4 is 28.0 Å². The van der Waals surface area contributed by atoms with Crippen molar-refractivity contribution in [2.45, 2.75) is 0 Å². The molecular weight excluding hydrogens is 258 g/mol. The van der Waals surface area contributed by atoms with E-state index in [0.717, 1.165) is 38.6 Å². The average molecular weight is 271 g/mol. The van der Waals surface area contributed by atoms with Gasteiger partial charge in [-0.05, 0) is 23.8 Å². The third kappa shape index (κ3) is 1.82. The third-order valence-corrected chi connectivity index (χ3v) is 3.73. The van der Waals surface area contributed by atoms with Crippen LogP contribution in [0.1, 0.15) is 5.56 Å². The lowest BCUT2D eigenvalue weighted by Gasteiger charge is -2.06. The molecule has 0 aliphatic rings. The lowest BCUT2D eigenvalue weighted by atomic mass is 10.0. The van der Waals surface area contributed by atoms with Gasteiger partial charge >= 0.3 is 0 Å². The Kier molecular flexibility index (Phi) is 2.57. The monoisotopic (exact) mass is 271 g/mol. The lowest BCUT2D eigenvalue weighted by molar-refractivity contribution is 1.32. The van der Waals surface area contributed by atoms with Crippen LogP contribution in [0.3, 0.4) is 0 Å². The second-order valence-corrected chi connectivity index (χ2v) is 4.95. The number of aromatic nitrogens is 3. The molecular formula is C18H13N3. The Hall–Kier alpha value is -2.94. The number of para-hydroxylation sites is 1. The summed E-state index contributed by atoms with van der Waals surface area (Å²) in [5.74, 6) is 0. The number of hydrogen-bond acceptors (Lipinski definition) is 2. The summed E-state index contributed by atoms with van der Waals surface area (Å²) in [4.78, 5) is 12.1. The van der Waals surface area contributed by atoms with E-state index in [-0.39, 0.29) is 0 Å². The van der Waals surface area contributed by atoms with Gasteiger partial charge in [0.1, 0.15) is 5.65 Å². The van der Waals surface area contributed by atoms with Gasteiger partial charge in [-0.25, -0.2) is 4.98 Å². The van der Waals surface area contributed by atoms with Crippen molar-refractivity contribution in [1.82, 2.24) is 15.0 Å². The summed E-state index contributed by atoms with van der Waals surface area (Å²) in [5, 5.41) is 2.22. The van der Waals surface area contributed by atoms with Crippen molar-refractivity contribution in [2.24, 2.45) is 0 Å². The molecule has 0 bridgehead atoms. The molecule has 0 saturated heterocycles. The number of pyridine rings is 2. The molecule has 0 unspecified atom stereocenters. The zero-order chi connectivity index (χ0) is 14.2. The van der Waals surface area contributed by atoms with Gasteiger partial charge in [0, 0.05) is 40.5 Å². The van der Waals surface area contributed by atoms with Crippen molar-refractivity contribution in [2.75, 3.05) is 0 Å². The summed E-state index contributed by atoms with van der Waals surface area (Å²) in [6, 6.07) is 12.3. The van der Waals surface area contributed by atoms with E-state index < -0.39 is 0 Å². The molecule has 0 spiro atoms. The molecule has 0 aliphatic heterocycles. The van der Waals surface area contributed by atoms with E-state index in [0.29, 0.717) is 0 Å². The predicted octanol–water partition coefficient (Wildman–Crippen LogP) is 4.42. The second kappa shape index (κ2) is 4.56. The van der Waals surface area contributed by atoms with Gasteiger partial charge in [-0.15, -0.1) is 0 Å². The number of aromatic amines is 1. The van der Waals surface area contributed by atoms with Crippen LogP contribution in [0.5, 0.6) is 0 Å². The predicted molar refractivity (Wildman–Crippen MR) is 86.9 cm³/mol. The highest BCUT2D eigenvalue weighted by Crippen LogP contribution is 2.31. The van der Waals surface area contributed by atoms with Gasteiger partial charge in [-0.3, -0.25) is 4.98 Å². The molecule has 1 N–H and O–H groups in total. The van der Waals surface area contributed by atoms with E-state index >= 15 is 0 Å². The van der Waals surface area contributed by atoms with E-state index in [4.69, 9.17) is 0 Å². The van der Waals surface area contributed by atoms with Crippen molar-refractivity contribution in [3.05, 3.63) is 67.1 Å². The van der Waals surface area contributed by atoms with E-state index in [1.807, 2.05) is 48.9 Å². The molecule has 100 valence electrons. The number of benzene rings is 1. The van der Waals surface area contributed by atoms with Crippen LogP contribution in [0.2, 0.25) is 0 Å². The molecule has 0 radical (unpaired) electrons. The fourth-order valence-corrected chi connectivity index (χ4v) is 2.70. The van der Waals surface area contributed by atoms with E-state index in [2.05, 4.69) is 33.7 Å². The molecule has 3 aromatic heterocycles. The Morgan fingerprint density at radius 1 is 1.10 bits per heavy atom. The minimum absolute atomic E-state index is 0.871. The van der Waals surface area contributed by atoms with Gasteiger partial charge in [0.15, 0.2) is 0 Å². The molecule has 4 rings (SSSR count). The minimum atomic E-state index is 0.871. The highest BCUT2D eigenvalue weighted by Gasteiger charge is 2.10. The van der Waals surface area contributed by atoms with Crippen LogP contribution in [-0.4, -0.2) is 15.0 Å². The van der Waals surface area contributed by atoms with Crippen LogP contribution in [-0.2, 0) is 0 Å². The Morgan fingerprint density at radius 3 is 2.90 bits per heavy atom. The first kappa shape index (κ1) is 11.9. The van der Waals surface area contributed by atoms with E-state index in [1.165, 1.54) is 0 Å². The van der Waals surface area contributed by atoms with Crippen LogP contribution in [0.15, 0.2) is 61.6 Å². The number of H-pyrrole nitrogens is 1. The van der Waals surface area contributed by atoms with Crippen molar-refractivity contribution in [3.8, 4) is 11.1 Å². The van der Waals surface area contributed by atoms with Crippen molar-refractivity contribution in [1.29, 1.82) is 0 Å². The number of hydrogen-bond donors (Lipinski definition) is 1. The molecule has 0 atom stereocenters. The smallest absolute Gasteiger partial charge is 0.138 e. The first-order chi connectivity index (χ1) is 10.4. The maximum Gasteiger partial charge on any atom is 0.138 e. The summed E-state index contributed by atoms with van der Waals surface area (Å²) in [7, 11) is 0. The highest BCUT2D eigenvalue weighted by atomic mass is 14.8. The fraction of sp³-hybridized carbons (Fsp3) is 0. The third-order valence-electron chi connectivity index (χ3n) is 3.73. The summed E-state index contributed by atoms with van der Waals surface area (Å²) in [5.41, 5.74) is 5.14. The number of nitrogens with one attached hydrogen (secondary N) is 1. The molecule has 1 aromatic carbocycles. The Labute approximate surface area is 122 Å². The lowest BCUT2D eigenvalue weighted by Crippen LogP contribution is -1.86. The summed E-state index contributed by atoms with van der Waals surface area (Å²) in [6.45, 7) is 3.87. The number of fused-ring (bicyclic) bond motifs is 2. The van der Waals surface area contributed by atoms with Crippen LogP contribution in [0.25, 0.3) is 39.1 Å². The molecule has 0 fully saturated rings.